The molecule has 3 aromatic carbocycles. The third kappa shape index (κ3) is 13.2. The minimum absolute atomic E-state index is 0.0308. The van der Waals surface area contributed by atoms with Crippen molar-refractivity contribution in [3.05, 3.63) is 104 Å². The highest BCUT2D eigenvalue weighted by Gasteiger charge is 2.40. The SMILES string of the molecule is CC(C)(C)OC(=O)N1CCC(c2[nH]n(-c3nc4ccc(Cl)cc4[nH]3)c(=O)c2CCc2ccc(OCCOCCOCCOCCNC(=O)COc3cccc4c3CN(C3CCC(=O)NC3=O)C4=O)cc2)CC1. The van der Waals surface area contributed by atoms with Gasteiger partial charge in [0.25, 0.3) is 17.4 Å². The number of benzene rings is 3. The van der Waals surface area contributed by atoms with E-state index < -0.39 is 17.6 Å². The summed E-state index contributed by atoms with van der Waals surface area (Å²) in [5.74, 6) is -0.0380. The molecule has 20 nitrogen and oxygen atoms in total. The summed E-state index contributed by atoms with van der Waals surface area (Å²) in [7, 11) is 0. The van der Waals surface area contributed by atoms with Gasteiger partial charge in [-0.1, -0.05) is 29.8 Å². The fraction of sp³-hybridized carbons (Fsp3) is 0.471. The minimum Gasteiger partial charge on any atom is -0.491 e. The quantitative estimate of drug-likeness (QED) is 0.0530. The van der Waals surface area contributed by atoms with Crippen LogP contribution in [0.2, 0.25) is 5.02 Å². The molecule has 5 aromatic rings. The lowest BCUT2D eigenvalue weighted by atomic mass is 9.90. The average Bonchev–Trinajstić information content (AvgIpc) is 4.03. The van der Waals surface area contributed by atoms with E-state index in [2.05, 4.69) is 25.7 Å². The number of nitrogens with zero attached hydrogens (tertiary/aromatic N) is 4. The van der Waals surface area contributed by atoms with Crippen LogP contribution in [0.1, 0.15) is 85.1 Å². The predicted octanol–water partition coefficient (Wildman–Crippen LogP) is 4.98. The van der Waals surface area contributed by atoms with Crippen molar-refractivity contribution in [3.8, 4) is 17.4 Å². The number of H-pyrrole nitrogens is 2. The van der Waals surface area contributed by atoms with Crippen LogP contribution in [0.3, 0.4) is 0 Å². The number of aromatic nitrogens is 4. The van der Waals surface area contributed by atoms with Gasteiger partial charge in [-0.05, 0) is 101 Å². The zero-order chi connectivity index (χ0) is 50.8. The lowest BCUT2D eigenvalue weighted by molar-refractivity contribution is -0.137. The molecular weight excluding hydrogens is 952 g/mol. The van der Waals surface area contributed by atoms with Crippen LogP contribution in [0.5, 0.6) is 11.5 Å². The first-order chi connectivity index (χ1) is 34.7. The van der Waals surface area contributed by atoms with E-state index in [0.717, 1.165) is 16.8 Å². The molecule has 72 heavy (non-hydrogen) atoms. The smallest absolute Gasteiger partial charge is 0.410 e. The third-order valence-electron chi connectivity index (χ3n) is 12.5. The predicted molar refractivity (Wildman–Crippen MR) is 264 cm³/mol. The van der Waals surface area contributed by atoms with Crippen molar-refractivity contribution in [2.75, 3.05) is 72.5 Å². The number of halogens is 1. The lowest BCUT2D eigenvalue weighted by Gasteiger charge is -2.33. The standard InChI is InChI=1S/C51H61ClN8O12/c1-51(2,3)72-50(66)58-20-17-33(18-21-58)45-37(48(65)60(57-45)49-54-39-14-10-34(52)29-40(39)55-49)13-9-32-7-11-35(12-8-32)70-28-27-69-26-25-68-24-23-67-22-19-53-44(62)31-71-42-6-4-5-36-38(42)30-59(47(36)64)41-15-16-43(61)56-46(41)63/h4-8,10-12,14,29,33,41,57H,9,13,15-28,30-31H2,1-3H3,(H,53,62)(H,54,55)(H,56,61,63). The van der Waals surface area contributed by atoms with Crippen LogP contribution in [-0.2, 0) is 52.7 Å². The molecule has 1 unspecified atom stereocenters. The van der Waals surface area contributed by atoms with Crippen LogP contribution in [-0.4, -0.2) is 143 Å². The van der Waals surface area contributed by atoms with Crippen molar-refractivity contribution in [2.45, 2.75) is 83.4 Å². The number of hydrogen-bond donors (Lipinski definition) is 4. The highest BCUT2D eigenvalue weighted by molar-refractivity contribution is 6.31. The number of amides is 5. The molecule has 2 fully saturated rings. The number of imide groups is 1. The molecule has 384 valence electrons. The molecule has 3 aliphatic rings. The van der Waals surface area contributed by atoms with Gasteiger partial charge in [0.2, 0.25) is 17.8 Å². The van der Waals surface area contributed by atoms with Gasteiger partial charge in [0, 0.05) is 59.4 Å². The molecular formula is C51H61ClN8O12. The minimum atomic E-state index is -0.742. The second kappa shape index (κ2) is 23.7. The van der Waals surface area contributed by atoms with Gasteiger partial charge in [-0.2, -0.15) is 4.68 Å². The van der Waals surface area contributed by atoms with Gasteiger partial charge < -0.3 is 48.5 Å². The van der Waals surface area contributed by atoms with E-state index in [9.17, 15) is 28.8 Å². The van der Waals surface area contributed by atoms with Crippen LogP contribution in [0.15, 0.2) is 65.5 Å². The number of aryl methyl sites for hydroxylation is 1. The first-order valence-electron chi connectivity index (χ1n) is 24.3. The largest absolute Gasteiger partial charge is 0.491 e. The maximum absolute atomic E-state index is 14.1. The van der Waals surface area contributed by atoms with Crippen molar-refractivity contribution in [2.24, 2.45) is 0 Å². The van der Waals surface area contributed by atoms with E-state index in [1.807, 2.05) is 45.0 Å². The zero-order valence-corrected chi connectivity index (χ0v) is 41.5. The van der Waals surface area contributed by atoms with Crippen molar-refractivity contribution >= 4 is 52.4 Å². The third-order valence-corrected chi connectivity index (χ3v) is 12.7. The summed E-state index contributed by atoms with van der Waals surface area (Å²) in [6.07, 6.45) is 2.54. The fourth-order valence-electron chi connectivity index (χ4n) is 8.90. The van der Waals surface area contributed by atoms with Gasteiger partial charge in [-0.15, -0.1) is 0 Å². The normalized spacial score (nSPS) is 16.3. The van der Waals surface area contributed by atoms with Crippen molar-refractivity contribution in [3.63, 3.8) is 0 Å². The molecule has 0 bridgehead atoms. The highest BCUT2D eigenvalue weighted by Crippen LogP contribution is 2.34. The number of imidazole rings is 1. The number of likely N-dealkylation sites (tertiary alicyclic amines) is 1. The number of rotatable bonds is 22. The topological polar surface area (TPSA) is 238 Å². The van der Waals surface area contributed by atoms with E-state index in [1.54, 1.807) is 41.3 Å². The molecule has 21 heteroatoms. The number of ether oxygens (including phenoxy) is 6. The lowest BCUT2D eigenvalue weighted by Crippen LogP contribution is -2.52. The molecule has 5 heterocycles. The first kappa shape index (κ1) is 51.6. The van der Waals surface area contributed by atoms with E-state index in [-0.39, 0.29) is 74.4 Å². The first-order valence-corrected chi connectivity index (χ1v) is 24.7. The molecule has 5 amide bonds. The van der Waals surface area contributed by atoms with Crippen LogP contribution in [0.25, 0.3) is 17.0 Å². The molecule has 0 aliphatic carbocycles. The molecule has 8 rings (SSSR count). The summed E-state index contributed by atoms with van der Waals surface area (Å²) in [6, 6.07) is 17.4. The molecule has 0 spiro atoms. The maximum atomic E-state index is 14.1. The Kier molecular flexibility index (Phi) is 17.0. The second-order valence-corrected chi connectivity index (χ2v) is 19.2. The Labute approximate surface area is 420 Å². The molecule has 4 N–H and O–H groups in total. The van der Waals surface area contributed by atoms with Crippen molar-refractivity contribution in [1.82, 2.24) is 40.2 Å². The second-order valence-electron chi connectivity index (χ2n) is 18.8. The van der Waals surface area contributed by atoms with Gasteiger partial charge >= 0.3 is 6.09 Å². The maximum Gasteiger partial charge on any atom is 0.410 e. The summed E-state index contributed by atoms with van der Waals surface area (Å²) in [6.45, 7) is 9.16. The van der Waals surface area contributed by atoms with Gasteiger partial charge in [-0.3, -0.25) is 34.4 Å². The van der Waals surface area contributed by atoms with Gasteiger partial charge in [0.05, 0.1) is 57.2 Å². The molecule has 0 saturated carbocycles. The number of carbonyl (C=O) groups excluding carboxylic acids is 5. The Morgan fingerprint density at radius 3 is 2.29 bits per heavy atom. The number of carbonyl (C=O) groups is 5. The number of hydrogen-bond acceptors (Lipinski definition) is 13. The van der Waals surface area contributed by atoms with E-state index in [0.29, 0.717) is 123 Å². The van der Waals surface area contributed by atoms with E-state index in [1.165, 1.54) is 9.58 Å². The number of fused-ring (bicyclic) bond motifs is 2. The Balaban J connectivity index is 0.694. The van der Waals surface area contributed by atoms with Gasteiger partial charge in [0.1, 0.15) is 29.7 Å². The van der Waals surface area contributed by atoms with Crippen LogP contribution in [0.4, 0.5) is 4.79 Å². The van der Waals surface area contributed by atoms with Gasteiger partial charge in [-0.25, -0.2) is 9.78 Å². The molecule has 2 saturated heterocycles. The summed E-state index contributed by atoms with van der Waals surface area (Å²) >= 11 is 6.23. The Morgan fingerprint density at radius 1 is 0.847 bits per heavy atom. The van der Waals surface area contributed by atoms with E-state index >= 15 is 0 Å². The Bertz CT molecular complexity index is 2790. The summed E-state index contributed by atoms with van der Waals surface area (Å²) in [5.41, 5.74) is 4.22. The number of nitrogens with one attached hydrogen (secondary N) is 4. The monoisotopic (exact) mass is 1010 g/mol. The summed E-state index contributed by atoms with van der Waals surface area (Å²) in [4.78, 5) is 87.4. The molecule has 1 atom stereocenters. The molecule has 0 radical (unpaired) electrons. The average molecular weight is 1010 g/mol. The molecule has 3 aliphatic heterocycles. The van der Waals surface area contributed by atoms with Crippen LogP contribution < -0.4 is 25.7 Å². The number of piperidine rings is 2. The zero-order valence-electron chi connectivity index (χ0n) is 40.7. The molecule has 2 aromatic heterocycles. The van der Waals surface area contributed by atoms with Gasteiger partial charge in [0.15, 0.2) is 6.61 Å². The summed E-state index contributed by atoms with van der Waals surface area (Å²) in [5, 5.41) is 8.97. The Morgan fingerprint density at radius 2 is 1.57 bits per heavy atom. The van der Waals surface area contributed by atoms with Crippen LogP contribution >= 0.6 is 11.6 Å². The number of aromatic amines is 2. The van der Waals surface area contributed by atoms with Crippen LogP contribution in [0, 0.1) is 0 Å². The fourth-order valence-corrected chi connectivity index (χ4v) is 9.07. The van der Waals surface area contributed by atoms with Crippen molar-refractivity contribution < 1.29 is 52.4 Å². The Hall–Kier alpha value is -6.74. The van der Waals surface area contributed by atoms with Crippen molar-refractivity contribution in [1.29, 1.82) is 0 Å². The van der Waals surface area contributed by atoms with E-state index in [4.69, 9.17) is 40.0 Å². The highest BCUT2D eigenvalue weighted by atomic mass is 35.5. The summed E-state index contributed by atoms with van der Waals surface area (Å²) < 4.78 is 35.5.